The molecule has 0 spiro atoms. The maximum absolute atomic E-state index is 14.5. The van der Waals surface area contributed by atoms with Crippen molar-refractivity contribution in [3.63, 3.8) is 0 Å². The van der Waals surface area contributed by atoms with Gasteiger partial charge in [-0.1, -0.05) is 11.6 Å². The second-order valence-corrected chi connectivity index (χ2v) is 10.4. The van der Waals surface area contributed by atoms with Gasteiger partial charge in [-0.15, -0.1) is 0 Å². The number of aromatic amines is 1. The first-order valence-corrected chi connectivity index (χ1v) is 12.9. The molecule has 0 bridgehead atoms. The molecule has 0 radical (unpaired) electrons. The van der Waals surface area contributed by atoms with Gasteiger partial charge >= 0.3 is 6.09 Å². The summed E-state index contributed by atoms with van der Waals surface area (Å²) in [4.78, 5) is 27.4. The van der Waals surface area contributed by atoms with E-state index in [0.29, 0.717) is 22.9 Å². The summed E-state index contributed by atoms with van der Waals surface area (Å²) in [7, 11) is -3.70. The van der Waals surface area contributed by atoms with E-state index in [1.54, 1.807) is 13.0 Å². The number of rotatable bonds is 9. The van der Waals surface area contributed by atoms with Crippen LogP contribution in [0.2, 0.25) is 5.02 Å². The third-order valence-corrected chi connectivity index (χ3v) is 6.12. The Kier molecular flexibility index (Phi) is 6.81. The van der Waals surface area contributed by atoms with Gasteiger partial charge in [0.1, 0.15) is 11.6 Å². The number of anilines is 2. The van der Waals surface area contributed by atoms with Crippen LogP contribution in [0.3, 0.4) is 0 Å². The molecule has 1 aromatic carbocycles. The third kappa shape index (κ3) is 6.17. The number of H-pyrrole nitrogens is 1. The summed E-state index contributed by atoms with van der Waals surface area (Å²) < 4.78 is 40.2. The van der Waals surface area contributed by atoms with Crippen LogP contribution in [0.1, 0.15) is 31.5 Å². The number of hydrogen-bond acceptors (Lipinski definition) is 7. The molecule has 0 aliphatic heterocycles. The Morgan fingerprint density at radius 1 is 1.34 bits per heavy atom. The zero-order chi connectivity index (χ0) is 25.3. The smallest absolute Gasteiger partial charge is 0.404 e. The van der Waals surface area contributed by atoms with E-state index in [2.05, 4.69) is 35.3 Å². The van der Waals surface area contributed by atoms with Crippen molar-refractivity contribution < 1.29 is 22.7 Å². The zero-order valence-electron chi connectivity index (χ0n) is 18.8. The predicted molar refractivity (Wildman–Crippen MR) is 130 cm³/mol. The molecule has 2 aromatic heterocycles. The van der Waals surface area contributed by atoms with Gasteiger partial charge in [0.15, 0.2) is 0 Å². The van der Waals surface area contributed by atoms with Crippen LogP contribution in [-0.4, -0.2) is 58.4 Å². The normalized spacial score (nSPS) is 14.4. The van der Waals surface area contributed by atoms with Gasteiger partial charge in [0.25, 0.3) is 0 Å². The lowest BCUT2D eigenvalue weighted by atomic mass is 10.1. The average Bonchev–Trinajstić information content (AvgIpc) is 3.52. The van der Waals surface area contributed by atoms with Crippen molar-refractivity contribution in [3.05, 3.63) is 41.1 Å². The van der Waals surface area contributed by atoms with Gasteiger partial charge in [0.05, 0.1) is 34.0 Å². The van der Waals surface area contributed by atoms with Crippen molar-refractivity contribution in [1.29, 1.82) is 0 Å². The lowest BCUT2D eigenvalue weighted by molar-refractivity contribution is 0.191. The van der Waals surface area contributed by atoms with Crippen LogP contribution < -0.4 is 15.4 Å². The largest absolute Gasteiger partial charge is 0.465 e. The number of hydrogen-bond donors (Lipinski definition) is 5. The number of benzene rings is 1. The van der Waals surface area contributed by atoms with Gasteiger partial charge in [-0.05, 0) is 38.0 Å². The summed E-state index contributed by atoms with van der Waals surface area (Å²) in [5.41, 5.74) is 1.32. The van der Waals surface area contributed by atoms with Crippen LogP contribution in [-0.2, 0) is 10.0 Å². The highest BCUT2D eigenvalue weighted by atomic mass is 35.5. The van der Waals surface area contributed by atoms with Gasteiger partial charge in [-0.3, -0.25) is 4.72 Å². The lowest BCUT2D eigenvalue weighted by Crippen LogP contribution is -2.36. The fraction of sp³-hybridized carbons (Fsp3) is 0.333. The van der Waals surface area contributed by atoms with Crippen LogP contribution in [0.15, 0.2) is 24.4 Å². The Bertz CT molecular complexity index is 1380. The number of amides is 1. The summed E-state index contributed by atoms with van der Waals surface area (Å²) in [6, 6.07) is 3.43. The molecule has 0 unspecified atom stereocenters. The summed E-state index contributed by atoms with van der Waals surface area (Å²) in [5.74, 6) is 0.480. The van der Waals surface area contributed by atoms with Crippen LogP contribution in [0.25, 0.3) is 22.6 Å². The maximum Gasteiger partial charge on any atom is 0.404 e. The average molecular weight is 524 g/mol. The molecule has 2 heterocycles. The number of sulfonamides is 1. The molecule has 1 aliphatic rings. The Morgan fingerprint density at radius 3 is 2.74 bits per heavy atom. The summed E-state index contributed by atoms with van der Waals surface area (Å²) in [6.07, 6.45) is 3.23. The van der Waals surface area contributed by atoms with Crippen LogP contribution >= 0.6 is 11.6 Å². The minimum absolute atomic E-state index is 0.00658. The molecule has 14 heteroatoms. The number of nitrogens with zero attached hydrogens (tertiary/aromatic N) is 3. The Morgan fingerprint density at radius 2 is 2.09 bits per heavy atom. The molecule has 5 N–H and O–H groups in total. The minimum Gasteiger partial charge on any atom is -0.465 e. The van der Waals surface area contributed by atoms with Gasteiger partial charge in [0, 0.05) is 30.3 Å². The van der Waals surface area contributed by atoms with Gasteiger partial charge in [0.2, 0.25) is 16.0 Å². The minimum atomic E-state index is -3.70. The van der Waals surface area contributed by atoms with Crippen molar-refractivity contribution in [3.8, 4) is 22.6 Å². The monoisotopic (exact) mass is 523 g/mol. The van der Waals surface area contributed by atoms with E-state index in [9.17, 15) is 17.6 Å². The Hall–Kier alpha value is -3.45. The standard InChI is InChI=1S/C21H23ClFN7O4S/c1-10(26-21(31)32)9-25-20-24-6-5-14(27-20)18-17(28-19(29-18)11-3-4-11)13-7-12(23)8-15(16(13)22)30-35(2,33)34/h5-8,10-11,26,30H,3-4,9H2,1-2H3,(H,28,29)(H,31,32)(H,24,25,27)/t10-/m0/s1. The predicted octanol–water partition coefficient (Wildman–Crippen LogP) is 3.64. The van der Waals surface area contributed by atoms with Crippen molar-refractivity contribution >= 4 is 39.4 Å². The zero-order valence-corrected chi connectivity index (χ0v) is 20.3. The molecular formula is C21H23ClFN7O4S. The molecule has 1 aliphatic carbocycles. The van der Waals surface area contributed by atoms with E-state index in [1.165, 1.54) is 12.3 Å². The number of halogens is 2. The van der Waals surface area contributed by atoms with Crippen molar-refractivity contribution in [2.45, 2.75) is 31.7 Å². The van der Waals surface area contributed by atoms with Crippen molar-refractivity contribution in [2.75, 3.05) is 22.8 Å². The molecule has 0 saturated heterocycles. The fourth-order valence-electron chi connectivity index (χ4n) is 3.45. The first-order chi connectivity index (χ1) is 16.5. The third-order valence-electron chi connectivity index (χ3n) is 5.12. The first-order valence-electron chi connectivity index (χ1n) is 10.6. The molecule has 186 valence electrons. The quantitative estimate of drug-likeness (QED) is 0.284. The first kappa shape index (κ1) is 24.7. The number of nitrogens with one attached hydrogen (secondary N) is 4. The van der Waals surface area contributed by atoms with E-state index < -0.39 is 28.0 Å². The topological polar surface area (TPSA) is 162 Å². The molecular weight excluding hydrogens is 501 g/mol. The molecule has 1 amide bonds. The maximum atomic E-state index is 14.5. The molecule has 1 fully saturated rings. The molecule has 1 atom stereocenters. The molecule has 35 heavy (non-hydrogen) atoms. The van der Waals surface area contributed by atoms with Crippen LogP contribution in [0, 0.1) is 5.82 Å². The van der Waals surface area contributed by atoms with E-state index in [4.69, 9.17) is 16.7 Å². The molecule has 1 saturated carbocycles. The molecule has 4 rings (SSSR count). The van der Waals surface area contributed by atoms with Crippen LogP contribution in [0.5, 0.6) is 0 Å². The Balaban J connectivity index is 1.73. The van der Waals surface area contributed by atoms with E-state index >= 15 is 0 Å². The van der Waals surface area contributed by atoms with E-state index in [1.807, 2.05) is 0 Å². The van der Waals surface area contributed by atoms with Crippen molar-refractivity contribution in [1.82, 2.24) is 25.3 Å². The SMILES string of the molecule is C[C@@H](CNc1nccc(-c2[nH]c(C3CC3)nc2-c2cc(F)cc(NS(C)(=O)=O)c2Cl)n1)NC(=O)O. The summed E-state index contributed by atoms with van der Waals surface area (Å²) in [6.45, 7) is 1.93. The highest BCUT2D eigenvalue weighted by Crippen LogP contribution is 2.43. The van der Waals surface area contributed by atoms with Gasteiger partial charge in [-0.25, -0.2) is 32.6 Å². The highest BCUT2D eigenvalue weighted by Gasteiger charge is 2.30. The second-order valence-electron chi connectivity index (χ2n) is 8.31. The van der Waals surface area contributed by atoms with E-state index in [0.717, 1.165) is 25.2 Å². The number of carboxylic acid groups (broad SMARTS) is 1. The number of imidazole rings is 1. The van der Waals surface area contributed by atoms with Crippen molar-refractivity contribution in [2.24, 2.45) is 0 Å². The van der Waals surface area contributed by atoms with Gasteiger partial charge in [-0.2, -0.15) is 0 Å². The highest BCUT2D eigenvalue weighted by molar-refractivity contribution is 7.92. The molecule has 3 aromatic rings. The fourth-order valence-corrected chi connectivity index (χ4v) is 4.31. The van der Waals surface area contributed by atoms with E-state index in [-0.39, 0.29) is 34.7 Å². The lowest BCUT2D eigenvalue weighted by Gasteiger charge is -2.13. The molecule has 11 nitrogen and oxygen atoms in total. The Labute approximate surface area is 205 Å². The number of carbonyl (C=O) groups is 1. The summed E-state index contributed by atoms with van der Waals surface area (Å²) >= 11 is 6.50. The van der Waals surface area contributed by atoms with Crippen LogP contribution in [0.4, 0.5) is 20.8 Å². The number of aromatic nitrogens is 4. The second kappa shape index (κ2) is 9.66. The van der Waals surface area contributed by atoms with Gasteiger partial charge < -0.3 is 20.7 Å². The summed E-state index contributed by atoms with van der Waals surface area (Å²) in [5, 5.41) is 14.1.